The normalized spacial score (nSPS) is 15.1. The van der Waals surface area contributed by atoms with Crippen molar-refractivity contribution in [2.75, 3.05) is 26.0 Å². The highest BCUT2D eigenvalue weighted by molar-refractivity contribution is 8.00. The summed E-state index contributed by atoms with van der Waals surface area (Å²) in [5.74, 6) is -0.496. The minimum absolute atomic E-state index is 0.113. The van der Waals surface area contributed by atoms with Gasteiger partial charge in [-0.15, -0.1) is 23.1 Å². The van der Waals surface area contributed by atoms with E-state index in [1.54, 1.807) is 0 Å². The molecule has 5 nitrogen and oxygen atoms in total. The van der Waals surface area contributed by atoms with Crippen molar-refractivity contribution < 1.29 is 14.3 Å². The summed E-state index contributed by atoms with van der Waals surface area (Å²) >= 11 is 2.98. The molecule has 1 aromatic carbocycles. The zero-order valence-electron chi connectivity index (χ0n) is 16.0. The van der Waals surface area contributed by atoms with Crippen molar-refractivity contribution in [2.45, 2.75) is 37.0 Å². The number of hydrogen-bond donors (Lipinski definition) is 1. The highest BCUT2D eigenvalue weighted by Crippen LogP contribution is 2.38. The number of thioether (sulfide) groups is 1. The molecule has 1 aliphatic heterocycles. The molecule has 0 bridgehead atoms. The van der Waals surface area contributed by atoms with Gasteiger partial charge in [-0.25, -0.2) is 4.79 Å². The van der Waals surface area contributed by atoms with E-state index in [0.717, 1.165) is 34.8 Å². The largest absolute Gasteiger partial charge is 0.465 e. The van der Waals surface area contributed by atoms with Gasteiger partial charge in [0.15, 0.2) is 0 Å². The van der Waals surface area contributed by atoms with Crippen molar-refractivity contribution >= 4 is 40.0 Å². The first-order valence-corrected chi connectivity index (χ1v) is 10.5. The van der Waals surface area contributed by atoms with Crippen LogP contribution >= 0.6 is 23.1 Å². The number of ether oxygens (including phenoxy) is 1. The van der Waals surface area contributed by atoms with Crippen LogP contribution in [0.5, 0.6) is 0 Å². The lowest BCUT2D eigenvalue weighted by Crippen LogP contribution is -2.26. The Hall–Kier alpha value is -1.83. The Kier molecular flexibility index (Phi) is 6.24. The highest BCUT2D eigenvalue weighted by Gasteiger charge is 2.29. The van der Waals surface area contributed by atoms with Crippen molar-refractivity contribution in [3.63, 3.8) is 0 Å². The van der Waals surface area contributed by atoms with Crippen LogP contribution in [0.4, 0.5) is 5.00 Å². The molecule has 7 heteroatoms. The Morgan fingerprint density at radius 2 is 2.00 bits per heavy atom. The lowest BCUT2D eigenvalue weighted by atomic mass is 10.0. The molecule has 0 aliphatic carbocycles. The summed E-state index contributed by atoms with van der Waals surface area (Å²) in [7, 11) is 3.43. The van der Waals surface area contributed by atoms with E-state index < -0.39 is 0 Å². The number of anilines is 1. The van der Waals surface area contributed by atoms with Crippen LogP contribution < -0.4 is 5.32 Å². The Bertz CT molecular complexity index is 846. The number of nitrogens with zero attached hydrogens (tertiary/aromatic N) is 1. The molecular weight excluding hydrogens is 380 g/mol. The monoisotopic (exact) mass is 404 g/mol. The molecule has 0 radical (unpaired) electrons. The van der Waals surface area contributed by atoms with E-state index in [0.29, 0.717) is 10.6 Å². The molecule has 1 aliphatic rings. The quantitative estimate of drug-likeness (QED) is 0.604. The number of aryl methyl sites for hydroxylation is 1. The molecule has 0 unspecified atom stereocenters. The SMILES string of the molecule is COC(=O)c1c(NC(=O)[C@H](C)Sc2ccc(C)cc2)sc2c1CCN(C)C2. The van der Waals surface area contributed by atoms with E-state index in [1.165, 1.54) is 35.8 Å². The van der Waals surface area contributed by atoms with Crippen molar-refractivity contribution in [1.82, 2.24) is 4.90 Å². The maximum absolute atomic E-state index is 12.7. The molecule has 0 spiro atoms. The number of carbonyl (C=O) groups excluding carboxylic acids is 2. The minimum Gasteiger partial charge on any atom is -0.465 e. The number of benzene rings is 1. The van der Waals surface area contributed by atoms with Crippen LogP contribution in [0.3, 0.4) is 0 Å². The Morgan fingerprint density at radius 3 is 2.67 bits per heavy atom. The van der Waals surface area contributed by atoms with E-state index >= 15 is 0 Å². The first-order chi connectivity index (χ1) is 12.9. The van der Waals surface area contributed by atoms with Gasteiger partial charge in [-0.2, -0.15) is 0 Å². The lowest BCUT2D eigenvalue weighted by Gasteiger charge is -2.22. The zero-order valence-corrected chi connectivity index (χ0v) is 17.6. The van der Waals surface area contributed by atoms with Gasteiger partial charge < -0.3 is 15.0 Å². The summed E-state index contributed by atoms with van der Waals surface area (Å²) in [5.41, 5.74) is 2.72. The fourth-order valence-electron chi connectivity index (χ4n) is 3.03. The molecule has 0 saturated heterocycles. The number of rotatable bonds is 5. The third kappa shape index (κ3) is 4.54. The first-order valence-electron chi connectivity index (χ1n) is 8.84. The number of hydrogen-bond acceptors (Lipinski definition) is 6. The average Bonchev–Trinajstić information content (AvgIpc) is 2.99. The maximum atomic E-state index is 12.7. The van der Waals surface area contributed by atoms with Gasteiger partial charge in [0.05, 0.1) is 17.9 Å². The van der Waals surface area contributed by atoms with Crippen LogP contribution in [0.2, 0.25) is 0 Å². The fraction of sp³-hybridized carbons (Fsp3) is 0.400. The number of likely N-dealkylation sites (N-methyl/N-ethyl adjacent to an activating group) is 1. The molecule has 0 saturated carbocycles. The number of nitrogens with one attached hydrogen (secondary N) is 1. The molecule has 3 rings (SSSR count). The van der Waals surface area contributed by atoms with Crippen LogP contribution in [0.25, 0.3) is 0 Å². The smallest absolute Gasteiger partial charge is 0.341 e. The molecule has 1 aromatic heterocycles. The predicted molar refractivity (Wildman–Crippen MR) is 111 cm³/mol. The van der Waals surface area contributed by atoms with Crippen LogP contribution in [0.15, 0.2) is 29.2 Å². The first kappa shape index (κ1) is 19.9. The van der Waals surface area contributed by atoms with Crippen molar-refractivity contribution in [3.8, 4) is 0 Å². The number of carbonyl (C=O) groups is 2. The summed E-state index contributed by atoms with van der Waals surface area (Å²) in [6, 6.07) is 8.10. The molecule has 1 N–H and O–H groups in total. The number of methoxy groups -OCH3 is 1. The zero-order chi connectivity index (χ0) is 19.6. The van der Waals surface area contributed by atoms with E-state index in [2.05, 4.69) is 17.3 Å². The van der Waals surface area contributed by atoms with Crippen LogP contribution in [-0.2, 0) is 22.5 Å². The topological polar surface area (TPSA) is 58.6 Å². The van der Waals surface area contributed by atoms with Crippen LogP contribution in [0, 0.1) is 6.92 Å². The third-order valence-corrected chi connectivity index (χ3v) is 6.82. The molecule has 2 heterocycles. The summed E-state index contributed by atoms with van der Waals surface area (Å²) in [4.78, 5) is 29.5. The van der Waals surface area contributed by atoms with E-state index in [4.69, 9.17) is 4.74 Å². The van der Waals surface area contributed by atoms with Crippen LogP contribution in [0.1, 0.15) is 33.3 Å². The molecule has 1 amide bonds. The van der Waals surface area contributed by atoms with Gasteiger partial charge in [0.2, 0.25) is 5.91 Å². The fourth-order valence-corrected chi connectivity index (χ4v) is 5.21. The number of fused-ring (bicyclic) bond motifs is 1. The molecular formula is C20H24N2O3S2. The van der Waals surface area contributed by atoms with Gasteiger partial charge in [-0.1, -0.05) is 17.7 Å². The van der Waals surface area contributed by atoms with Crippen molar-refractivity contribution in [3.05, 3.63) is 45.8 Å². The van der Waals surface area contributed by atoms with E-state index in [-0.39, 0.29) is 17.1 Å². The second kappa shape index (κ2) is 8.46. The maximum Gasteiger partial charge on any atom is 0.341 e. The van der Waals surface area contributed by atoms with Gasteiger partial charge in [0.1, 0.15) is 5.00 Å². The summed E-state index contributed by atoms with van der Waals surface area (Å²) < 4.78 is 4.97. The summed E-state index contributed by atoms with van der Waals surface area (Å²) in [6.45, 7) is 5.59. The van der Waals surface area contributed by atoms with Crippen molar-refractivity contribution in [1.29, 1.82) is 0 Å². The summed E-state index contributed by atoms with van der Waals surface area (Å²) in [6.07, 6.45) is 0.788. The molecule has 27 heavy (non-hydrogen) atoms. The molecule has 2 aromatic rings. The van der Waals surface area contributed by atoms with Gasteiger partial charge in [0.25, 0.3) is 0 Å². The average molecular weight is 405 g/mol. The molecule has 0 fully saturated rings. The second-order valence-electron chi connectivity index (χ2n) is 6.75. The lowest BCUT2D eigenvalue weighted by molar-refractivity contribution is -0.115. The Labute approximate surface area is 168 Å². The van der Waals surface area contributed by atoms with E-state index in [1.807, 2.05) is 38.1 Å². The summed E-state index contributed by atoms with van der Waals surface area (Å²) in [5, 5.41) is 3.29. The van der Waals surface area contributed by atoms with Gasteiger partial charge in [-0.3, -0.25) is 4.79 Å². The number of thiophene rings is 1. The van der Waals surface area contributed by atoms with Crippen molar-refractivity contribution in [2.24, 2.45) is 0 Å². The third-order valence-electron chi connectivity index (χ3n) is 4.58. The number of amides is 1. The van der Waals surface area contributed by atoms with E-state index in [9.17, 15) is 9.59 Å². The van der Waals surface area contributed by atoms with Gasteiger partial charge in [0, 0.05) is 22.9 Å². The molecule has 1 atom stereocenters. The predicted octanol–water partition coefficient (Wildman–Crippen LogP) is 3.95. The molecule has 144 valence electrons. The minimum atomic E-state index is -0.383. The highest BCUT2D eigenvalue weighted by atomic mass is 32.2. The Balaban J connectivity index is 1.78. The Morgan fingerprint density at radius 1 is 1.30 bits per heavy atom. The standard InChI is InChI=1S/C20H24N2O3S2/c1-12-5-7-14(8-6-12)26-13(2)18(23)21-19-17(20(24)25-4)15-9-10-22(3)11-16(15)27-19/h5-8,13H,9-11H2,1-4H3,(H,21,23)/t13-/m0/s1. The second-order valence-corrected chi connectivity index (χ2v) is 9.27. The number of esters is 1. The van der Waals surface area contributed by atoms with Gasteiger partial charge in [-0.05, 0) is 45.0 Å². The van der Waals surface area contributed by atoms with Gasteiger partial charge >= 0.3 is 5.97 Å². The van der Waals surface area contributed by atoms with Crippen LogP contribution in [-0.4, -0.2) is 42.7 Å².